The molecule has 258 valence electrons. The topological polar surface area (TPSA) is 109 Å². The molecule has 0 radical (unpaired) electrons. The number of allylic oxidation sites excluding steroid dienone is 1. The van der Waals surface area contributed by atoms with Gasteiger partial charge in [0, 0.05) is 42.2 Å². The number of nitrogens with zero attached hydrogens (tertiary/aromatic N) is 2. The number of carbonyl (C=O) groups excluding carboxylic acids is 2. The summed E-state index contributed by atoms with van der Waals surface area (Å²) in [4.78, 5) is 29.2. The quantitative estimate of drug-likeness (QED) is 0.347. The number of methoxy groups -OCH3 is 1. The first-order valence-corrected chi connectivity index (χ1v) is 19.5. The van der Waals surface area contributed by atoms with Crippen LogP contribution in [0, 0.1) is 23.7 Å². The van der Waals surface area contributed by atoms with Crippen LogP contribution in [0.5, 0.6) is 5.75 Å². The number of urea groups is 1. The van der Waals surface area contributed by atoms with Crippen molar-refractivity contribution in [2.24, 2.45) is 28.0 Å². The smallest absolute Gasteiger partial charge is 0.327 e. The van der Waals surface area contributed by atoms with Crippen molar-refractivity contribution in [2.75, 3.05) is 37.5 Å². The minimum atomic E-state index is -3.44. The Kier molecular flexibility index (Phi) is 9.28. The Bertz CT molecular complexity index is 1740. The van der Waals surface area contributed by atoms with E-state index in [1.54, 1.807) is 13.2 Å². The highest BCUT2D eigenvalue weighted by Crippen LogP contribution is 2.47. The summed E-state index contributed by atoms with van der Waals surface area (Å²) >= 11 is 6.44. The molecular formula is C37H47ClN4O5S. The van der Waals surface area contributed by atoms with Gasteiger partial charge < -0.3 is 19.7 Å². The molecule has 2 saturated carbocycles. The van der Waals surface area contributed by atoms with Crippen LogP contribution in [0.2, 0.25) is 5.02 Å². The van der Waals surface area contributed by atoms with E-state index in [0.717, 1.165) is 68.1 Å². The van der Waals surface area contributed by atoms with Crippen LogP contribution in [-0.2, 0) is 26.5 Å². The Labute approximate surface area is 289 Å². The molecule has 0 aromatic heterocycles. The summed E-state index contributed by atoms with van der Waals surface area (Å²) in [6, 6.07) is 11.1. The van der Waals surface area contributed by atoms with E-state index in [9.17, 15) is 13.8 Å². The molecule has 2 aliphatic heterocycles. The summed E-state index contributed by atoms with van der Waals surface area (Å²) in [6.07, 6.45) is 10.9. The van der Waals surface area contributed by atoms with E-state index in [1.165, 1.54) is 11.1 Å². The lowest BCUT2D eigenvalue weighted by Gasteiger charge is -2.46. The number of anilines is 1. The zero-order chi connectivity index (χ0) is 33.6. The molecule has 2 aromatic carbocycles. The molecule has 2 aromatic rings. The first kappa shape index (κ1) is 33.4. The molecule has 1 spiro atoms. The van der Waals surface area contributed by atoms with Crippen molar-refractivity contribution in [3.8, 4) is 5.75 Å². The number of fused-ring (bicyclic) bond motifs is 4. The molecule has 2 N–H and O–H groups in total. The molecule has 2 fully saturated rings. The Morgan fingerprint density at radius 3 is 2.77 bits per heavy atom. The van der Waals surface area contributed by atoms with Crippen molar-refractivity contribution in [3.05, 3.63) is 70.3 Å². The summed E-state index contributed by atoms with van der Waals surface area (Å²) in [5.41, 5.74) is 3.47. The minimum absolute atomic E-state index is 0.0375. The first-order valence-electron chi connectivity index (χ1n) is 17.4. The van der Waals surface area contributed by atoms with Gasteiger partial charge in [-0.15, -0.1) is 4.36 Å². The van der Waals surface area contributed by atoms with E-state index in [2.05, 4.69) is 43.6 Å². The van der Waals surface area contributed by atoms with Crippen molar-refractivity contribution in [1.82, 2.24) is 10.0 Å². The molecule has 2 bridgehead atoms. The summed E-state index contributed by atoms with van der Waals surface area (Å²) in [5.74, 6) is 1.18. The van der Waals surface area contributed by atoms with Crippen molar-refractivity contribution in [1.29, 1.82) is 0 Å². The lowest BCUT2D eigenvalue weighted by molar-refractivity contribution is 0.0131. The third kappa shape index (κ3) is 6.85. The fraction of sp³-hybridized carbons (Fsp3) is 0.568. The third-order valence-electron chi connectivity index (χ3n) is 11.2. The second-order valence-electron chi connectivity index (χ2n) is 14.9. The summed E-state index contributed by atoms with van der Waals surface area (Å²) in [5, 5.41) is 3.62. The van der Waals surface area contributed by atoms with Gasteiger partial charge in [0.15, 0.2) is 0 Å². The molecule has 48 heavy (non-hydrogen) atoms. The molecule has 0 saturated heterocycles. The monoisotopic (exact) mass is 694 g/mol. The SMILES string of the molecule is CO[C@H]1/C=C/C[C@H](C)C[S@@](=O)(NC(=O)N[C@@H]2C[C@@H]2C)=NC(=O)c2ccc3c(c2)N(C[C@@H]2CC[C@H]21)C[C@@]1(CCCc2cc(Cl)ccc21)CO3. The maximum Gasteiger partial charge on any atom is 0.327 e. The van der Waals surface area contributed by atoms with Gasteiger partial charge >= 0.3 is 6.03 Å². The van der Waals surface area contributed by atoms with Crippen molar-refractivity contribution < 1.29 is 23.3 Å². The van der Waals surface area contributed by atoms with Crippen LogP contribution in [0.4, 0.5) is 10.5 Å². The maximum atomic E-state index is 14.3. The number of amides is 3. The van der Waals surface area contributed by atoms with Crippen molar-refractivity contribution in [2.45, 2.75) is 76.4 Å². The van der Waals surface area contributed by atoms with E-state index >= 15 is 0 Å². The number of halogens is 1. The van der Waals surface area contributed by atoms with Crippen LogP contribution in [0.3, 0.4) is 0 Å². The van der Waals surface area contributed by atoms with Crippen LogP contribution >= 0.6 is 11.6 Å². The van der Waals surface area contributed by atoms with E-state index in [-0.39, 0.29) is 29.2 Å². The average molecular weight is 695 g/mol. The number of ether oxygens (including phenoxy) is 2. The number of carbonyl (C=O) groups is 2. The van der Waals surface area contributed by atoms with Gasteiger partial charge in [-0.3, -0.25) is 9.52 Å². The van der Waals surface area contributed by atoms with Gasteiger partial charge in [-0.25, -0.2) is 9.00 Å². The lowest BCUT2D eigenvalue weighted by atomic mass is 9.68. The lowest BCUT2D eigenvalue weighted by Crippen LogP contribution is -2.49. The predicted octanol–water partition coefficient (Wildman–Crippen LogP) is 6.68. The standard InChI is InChI=1S/C37H47ClN4O5S/c1-23-6-4-8-33(46-3)29-12-9-27(29)19-42-21-37(15-5-7-25-17-28(38)11-13-30(25)37)22-47-34-14-10-26(18-32(34)42)35(43)40-48(45,20-23)41-36(44)39-31-16-24(31)2/h4,8,10-11,13-14,17-18,23-24,27,29,31,33H,5-7,9,12,15-16,19-22H2,1-3H3,(H2,39,40,41,43,44,45)/b8-4+/t23-,24-,27-,29+,31+,33-,37-,48-/m0/s1. The molecule has 7 rings (SSSR count). The minimum Gasteiger partial charge on any atom is -0.490 e. The van der Waals surface area contributed by atoms with Crippen molar-refractivity contribution >= 4 is 39.1 Å². The van der Waals surface area contributed by atoms with Crippen LogP contribution in [0.1, 0.15) is 73.9 Å². The summed E-state index contributed by atoms with van der Waals surface area (Å²) in [6.45, 7) is 6.06. The largest absolute Gasteiger partial charge is 0.490 e. The molecule has 9 nitrogen and oxygen atoms in total. The molecule has 0 unspecified atom stereocenters. The van der Waals surface area contributed by atoms with Crippen LogP contribution < -0.4 is 19.7 Å². The Morgan fingerprint density at radius 2 is 2.02 bits per heavy atom. The predicted molar refractivity (Wildman–Crippen MR) is 189 cm³/mol. The van der Waals surface area contributed by atoms with Gasteiger partial charge in [0.2, 0.25) is 0 Å². The fourth-order valence-electron chi connectivity index (χ4n) is 8.23. The number of aryl methyl sites for hydroxylation is 1. The number of rotatable bonds is 3. The summed E-state index contributed by atoms with van der Waals surface area (Å²) in [7, 11) is -1.66. The van der Waals surface area contributed by atoms with Gasteiger partial charge in [-0.2, -0.15) is 0 Å². The van der Waals surface area contributed by atoms with Crippen LogP contribution in [0.15, 0.2) is 52.9 Å². The number of hydrogen-bond acceptors (Lipinski definition) is 6. The zero-order valence-electron chi connectivity index (χ0n) is 28.1. The molecule has 2 heterocycles. The van der Waals surface area contributed by atoms with E-state index in [1.807, 2.05) is 32.0 Å². The highest BCUT2D eigenvalue weighted by Gasteiger charge is 2.44. The first-order chi connectivity index (χ1) is 23.0. The van der Waals surface area contributed by atoms with Gasteiger partial charge in [-0.1, -0.05) is 43.7 Å². The highest BCUT2D eigenvalue weighted by molar-refractivity contribution is 7.92. The fourth-order valence-corrected chi connectivity index (χ4v) is 10.3. The maximum absolute atomic E-state index is 14.3. The van der Waals surface area contributed by atoms with Gasteiger partial charge in [0.05, 0.1) is 24.2 Å². The van der Waals surface area contributed by atoms with Crippen LogP contribution in [-0.4, -0.2) is 60.9 Å². The van der Waals surface area contributed by atoms with E-state index < -0.39 is 21.9 Å². The van der Waals surface area contributed by atoms with E-state index in [4.69, 9.17) is 21.1 Å². The molecule has 11 heteroatoms. The molecule has 3 aliphatic carbocycles. The second-order valence-corrected chi connectivity index (χ2v) is 17.3. The van der Waals surface area contributed by atoms with Gasteiger partial charge in [0.1, 0.15) is 15.7 Å². The Morgan fingerprint density at radius 1 is 1.19 bits per heavy atom. The Hall–Kier alpha value is -3.08. The summed E-state index contributed by atoms with van der Waals surface area (Å²) < 4.78 is 33.8. The number of benzene rings is 2. The Balaban J connectivity index is 1.28. The van der Waals surface area contributed by atoms with Gasteiger partial charge in [-0.05, 0) is 110 Å². The number of nitrogens with one attached hydrogen (secondary N) is 2. The second kappa shape index (κ2) is 13.3. The van der Waals surface area contributed by atoms with E-state index in [0.29, 0.717) is 36.3 Å². The molecular weight excluding hydrogens is 648 g/mol. The molecule has 5 aliphatic rings. The molecule has 3 amide bonds. The van der Waals surface area contributed by atoms with Crippen molar-refractivity contribution in [3.63, 3.8) is 0 Å². The average Bonchev–Trinajstić information content (AvgIpc) is 3.75. The normalized spacial score (nSPS) is 35.1. The number of hydrogen-bond donors (Lipinski definition) is 2. The third-order valence-corrected chi connectivity index (χ3v) is 13.4. The molecule has 8 atom stereocenters. The zero-order valence-corrected chi connectivity index (χ0v) is 29.7. The highest BCUT2D eigenvalue weighted by atomic mass is 35.5. The van der Waals surface area contributed by atoms with Crippen LogP contribution in [0.25, 0.3) is 0 Å². The van der Waals surface area contributed by atoms with Gasteiger partial charge in [0.25, 0.3) is 5.91 Å².